The normalized spacial score (nSPS) is 16.9. The molecule has 0 aliphatic carbocycles. The predicted octanol–water partition coefficient (Wildman–Crippen LogP) is 4.58. The Labute approximate surface area is 196 Å². The van der Waals surface area contributed by atoms with Crippen LogP contribution >= 0.6 is 34.8 Å². The lowest BCUT2D eigenvalue weighted by atomic mass is 10.0. The molecular weight excluding hydrogens is 457 g/mol. The Morgan fingerprint density at radius 2 is 1.71 bits per heavy atom. The van der Waals surface area contributed by atoms with Crippen molar-refractivity contribution < 1.29 is 5.11 Å². The summed E-state index contributed by atoms with van der Waals surface area (Å²) in [5.74, 6) is 0.776. The number of β-amino-alcohol motifs (C(OH)–C–C–N with tert-alkyl or cyclic N) is 1. The maximum absolute atomic E-state index is 9.86. The van der Waals surface area contributed by atoms with Gasteiger partial charge in [0.25, 0.3) is 0 Å². The van der Waals surface area contributed by atoms with Crippen molar-refractivity contribution >= 4 is 40.6 Å². The van der Waals surface area contributed by atoms with Crippen LogP contribution in [0.3, 0.4) is 0 Å². The molecule has 1 unspecified atom stereocenters. The Hall–Kier alpha value is -1.96. The first-order valence-corrected chi connectivity index (χ1v) is 11.0. The quantitative estimate of drug-likeness (QED) is 0.542. The number of benzene rings is 1. The average molecular weight is 479 g/mol. The standard InChI is InChI=1S/C22H22Cl3N5O/c1-22(25,31)14-29-8-10-30(11-9-29)19-13-27-20(15-2-4-16(23)5-3-15)21(28-19)17-6-7-26-12-18(17)24/h2-7,12-13,31H,8-11,14H2,1H3. The summed E-state index contributed by atoms with van der Waals surface area (Å²) in [6.45, 7) is 5.08. The molecule has 1 aliphatic heterocycles. The van der Waals surface area contributed by atoms with E-state index in [0.29, 0.717) is 22.3 Å². The van der Waals surface area contributed by atoms with Gasteiger partial charge in [-0.05, 0) is 25.1 Å². The van der Waals surface area contributed by atoms with E-state index in [1.54, 1.807) is 25.5 Å². The molecule has 3 aromatic rings. The molecule has 1 aromatic carbocycles. The van der Waals surface area contributed by atoms with Crippen LogP contribution in [0.15, 0.2) is 48.9 Å². The van der Waals surface area contributed by atoms with Gasteiger partial charge in [0.1, 0.15) is 16.6 Å². The lowest BCUT2D eigenvalue weighted by Gasteiger charge is -2.37. The number of piperazine rings is 1. The zero-order chi connectivity index (χ0) is 22.0. The molecule has 0 radical (unpaired) electrons. The SMILES string of the molecule is CC(O)(Cl)CN1CCN(c2cnc(-c3ccc(Cl)cc3)c(-c3ccncc3Cl)n2)CC1. The first-order chi connectivity index (χ1) is 14.8. The Balaban J connectivity index is 1.66. The van der Waals surface area contributed by atoms with Crippen LogP contribution in [0.5, 0.6) is 0 Å². The average Bonchev–Trinajstić information content (AvgIpc) is 2.74. The summed E-state index contributed by atoms with van der Waals surface area (Å²) in [6.07, 6.45) is 5.08. The number of aromatic nitrogens is 3. The highest BCUT2D eigenvalue weighted by atomic mass is 35.5. The molecular formula is C22H22Cl3N5O. The van der Waals surface area contributed by atoms with Gasteiger partial charge < -0.3 is 10.0 Å². The molecule has 1 N–H and O–H groups in total. The smallest absolute Gasteiger partial charge is 0.148 e. The molecule has 4 rings (SSSR count). The van der Waals surface area contributed by atoms with E-state index >= 15 is 0 Å². The molecule has 6 nitrogen and oxygen atoms in total. The monoisotopic (exact) mass is 477 g/mol. The third-order valence-corrected chi connectivity index (χ3v) is 5.79. The highest BCUT2D eigenvalue weighted by Crippen LogP contribution is 2.34. The fourth-order valence-electron chi connectivity index (χ4n) is 3.65. The molecule has 1 fully saturated rings. The minimum atomic E-state index is -1.23. The van der Waals surface area contributed by atoms with Gasteiger partial charge in [-0.2, -0.15) is 0 Å². The number of nitrogens with zero attached hydrogens (tertiary/aromatic N) is 5. The molecule has 0 amide bonds. The number of halogens is 3. The summed E-state index contributed by atoms with van der Waals surface area (Å²) in [5.41, 5.74) is 3.09. The summed E-state index contributed by atoms with van der Waals surface area (Å²) in [7, 11) is 0. The second-order valence-corrected chi connectivity index (χ2v) is 9.35. The van der Waals surface area contributed by atoms with Crippen LogP contribution in [0.4, 0.5) is 5.82 Å². The van der Waals surface area contributed by atoms with E-state index in [4.69, 9.17) is 44.8 Å². The number of rotatable bonds is 5. The molecule has 2 aromatic heterocycles. The van der Waals surface area contributed by atoms with Crippen molar-refractivity contribution in [3.63, 3.8) is 0 Å². The van der Waals surface area contributed by atoms with E-state index in [0.717, 1.165) is 48.8 Å². The maximum Gasteiger partial charge on any atom is 0.148 e. The topological polar surface area (TPSA) is 65.4 Å². The lowest BCUT2D eigenvalue weighted by molar-refractivity contribution is 0.0884. The lowest BCUT2D eigenvalue weighted by Crippen LogP contribution is -2.50. The molecule has 162 valence electrons. The van der Waals surface area contributed by atoms with Crippen LogP contribution in [0.25, 0.3) is 22.5 Å². The molecule has 0 spiro atoms. The largest absolute Gasteiger partial charge is 0.374 e. The summed E-state index contributed by atoms with van der Waals surface area (Å²) < 4.78 is 0. The Kier molecular flexibility index (Phi) is 6.65. The first kappa shape index (κ1) is 22.2. The van der Waals surface area contributed by atoms with Crippen molar-refractivity contribution in [1.82, 2.24) is 19.9 Å². The number of aliphatic hydroxyl groups is 1. The first-order valence-electron chi connectivity index (χ1n) is 9.91. The fraction of sp³-hybridized carbons (Fsp3) is 0.318. The Morgan fingerprint density at radius 1 is 1.00 bits per heavy atom. The van der Waals surface area contributed by atoms with Gasteiger partial charge in [0.15, 0.2) is 0 Å². The van der Waals surface area contributed by atoms with Gasteiger partial charge >= 0.3 is 0 Å². The van der Waals surface area contributed by atoms with Gasteiger partial charge in [0.05, 0.1) is 16.9 Å². The Morgan fingerprint density at radius 3 is 2.35 bits per heavy atom. The van der Waals surface area contributed by atoms with Crippen molar-refractivity contribution in [2.75, 3.05) is 37.6 Å². The van der Waals surface area contributed by atoms with Crippen LogP contribution in [-0.2, 0) is 0 Å². The third kappa shape index (κ3) is 5.45. The zero-order valence-electron chi connectivity index (χ0n) is 17.0. The highest BCUT2D eigenvalue weighted by molar-refractivity contribution is 6.33. The number of anilines is 1. The zero-order valence-corrected chi connectivity index (χ0v) is 19.2. The van der Waals surface area contributed by atoms with Gasteiger partial charge in [-0.3, -0.25) is 14.9 Å². The van der Waals surface area contributed by atoms with Gasteiger partial charge in [-0.1, -0.05) is 46.9 Å². The molecule has 1 aliphatic rings. The number of pyridine rings is 1. The fourth-order valence-corrected chi connectivity index (χ4v) is 4.15. The minimum absolute atomic E-state index is 0.418. The molecule has 1 atom stereocenters. The van der Waals surface area contributed by atoms with Crippen LogP contribution < -0.4 is 4.90 Å². The summed E-state index contributed by atoms with van der Waals surface area (Å²) in [6, 6.07) is 9.34. The Bertz CT molecular complexity index is 1050. The summed E-state index contributed by atoms with van der Waals surface area (Å²) in [5, 5.41) is 9.80. The van der Waals surface area contributed by atoms with Gasteiger partial charge in [-0.25, -0.2) is 4.98 Å². The van der Waals surface area contributed by atoms with Crippen LogP contribution in [0, 0.1) is 0 Å². The minimum Gasteiger partial charge on any atom is -0.374 e. The number of hydrogen-bond acceptors (Lipinski definition) is 6. The summed E-state index contributed by atoms with van der Waals surface area (Å²) >= 11 is 18.5. The predicted molar refractivity (Wildman–Crippen MR) is 126 cm³/mol. The molecule has 0 bridgehead atoms. The number of alkyl halides is 1. The van der Waals surface area contributed by atoms with Gasteiger partial charge in [0.2, 0.25) is 0 Å². The van der Waals surface area contributed by atoms with E-state index in [2.05, 4.69) is 14.8 Å². The molecule has 0 saturated carbocycles. The van der Waals surface area contributed by atoms with Crippen molar-refractivity contribution in [1.29, 1.82) is 0 Å². The molecule has 1 saturated heterocycles. The molecule has 9 heteroatoms. The van der Waals surface area contributed by atoms with Crippen molar-refractivity contribution in [2.24, 2.45) is 0 Å². The van der Waals surface area contributed by atoms with Crippen LogP contribution in [-0.4, -0.2) is 62.7 Å². The van der Waals surface area contributed by atoms with Crippen LogP contribution in [0.1, 0.15) is 6.92 Å². The van der Waals surface area contributed by atoms with Crippen molar-refractivity contribution in [3.05, 3.63) is 59.0 Å². The van der Waals surface area contributed by atoms with E-state index in [-0.39, 0.29) is 0 Å². The maximum atomic E-state index is 9.86. The van der Waals surface area contributed by atoms with Gasteiger partial charge in [0, 0.05) is 61.3 Å². The highest BCUT2D eigenvalue weighted by Gasteiger charge is 2.25. The molecule has 3 heterocycles. The van der Waals surface area contributed by atoms with Crippen molar-refractivity contribution in [2.45, 2.75) is 12.0 Å². The van der Waals surface area contributed by atoms with Gasteiger partial charge in [-0.15, -0.1) is 0 Å². The second kappa shape index (κ2) is 9.27. The van der Waals surface area contributed by atoms with E-state index in [1.807, 2.05) is 30.3 Å². The second-order valence-electron chi connectivity index (χ2n) is 7.69. The third-order valence-electron chi connectivity index (χ3n) is 5.11. The van der Waals surface area contributed by atoms with E-state index < -0.39 is 5.06 Å². The van der Waals surface area contributed by atoms with Crippen LogP contribution in [0.2, 0.25) is 10.0 Å². The summed E-state index contributed by atoms with van der Waals surface area (Å²) in [4.78, 5) is 18.1. The van der Waals surface area contributed by atoms with E-state index in [9.17, 15) is 5.11 Å². The van der Waals surface area contributed by atoms with E-state index in [1.165, 1.54) is 0 Å². The van der Waals surface area contributed by atoms with Crippen molar-refractivity contribution in [3.8, 4) is 22.5 Å². The number of hydrogen-bond donors (Lipinski definition) is 1. The molecule has 31 heavy (non-hydrogen) atoms.